The second-order valence-electron chi connectivity index (χ2n) is 16.8. The zero-order chi connectivity index (χ0) is 41.9. The molecule has 0 aliphatic heterocycles. The molecule has 0 aliphatic carbocycles. The Morgan fingerprint density at radius 1 is 0.281 bits per heavy atom. The van der Waals surface area contributed by atoms with Crippen molar-refractivity contribution < 1.29 is 8.83 Å². The minimum Gasteiger partial charge on any atom is -0.456 e. The van der Waals surface area contributed by atoms with Crippen LogP contribution in [0.4, 0.5) is 0 Å². The Morgan fingerprint density at radius 2 is 0.734 bits per heavy atom. The van der Waals surface area contributed by atoms with Crippen molar-refractivity contribution in [2.75, 3.05) is 0 Å². The van der Waals surface area contributed by atoms with Gasteiger partial charge in [0.25, 0.3) is 0 Å². The first-order valence-corrected chi connectivity index (χ1v) is 21.7. The van der Waals surface area contributed by atoms with Crippen LogP contribution in [0.25, 0.3) is 132 Å². The monoisotopic (exact) mass is 817 g/mol. The molecule has 0 radical (unpaired) electrons. The minimum atomic E-state index is 0.796. The highest BCUT2D eigenvalue weighted by molar-refractivity contribution is 6.14. The quantitative estimate of drug-likeness (QED) is 0.174. The molecule has 0 unspecified atom stereocenters. The zero-order valence-electron chi connectivity index (χ0n) is 34.4. The second-order valence-corrected chi connectivity index (χ2v) is 16.8. The van der Waals surface area contributed by atoms with Gasteiger partial charge in [0.1, 0.15) is 16.7 Å². The molecule has 5 heterocycles. The van der Waals surface area contributed by atoms with Crippen molar-refractivity contribution >= 4 is 87.5 Å². The van der Waals surface area contributed by atoms with E-state index in [-0.39, 0.29) is 0 Å². The van der Waals surface area contributed by atoms with E-state index in [0.29, 0.717) is 0 Å². The van der Waals surface area contributed by atoms with Crippen LogP contribution >= 0.6 is 0 Å². The van der Waals surface area contributed by atoms with Crippen molar-refractivity contribution in [3.05, 3.63) is 213 Å². The fourth-order valence-corrected chi connectivity index (χ4v) is 10.2. The van der Waals surface area contributed by atoms with Gasteiger partial charge >= 0.3 is 0 Å². The maximum absolute atomic E-state index is 6.22. The number of hydrogen-bond acceptors (Lipinski definition) is 3. The van der Waals surface area contributed by atoms with E-state index < -0.39 is 0 Å². The summed E-state index contributed by atoms with van der Waals surface area (Å²) in [6.45, 7) is 0. The number of rotatable bonds is 5. The topological polar surface area (TPSA) is 49.0 Å². The molecule has 14 rings (SSSR count). The molecule has 14 aromatic rings. The Morgan fingerprint density at radius 3 is 1.41 bits per heavy atom. The van der Waals surface area contributed by atoms with Crippen molar-refractivity contribution in [2.45, 2.75) is 0 Å². The van der Waals surface area contributed by atoms with Gasteiger partial charge < -0.3 is 18.0 Å². The highest BCUT2D eigenvalue weighted by Gasteiger charge is 2.18. The summed E-state index contributed by atoms with van der Waals surface area (Å²) in [6, 6.07) is 72.4. The molecule has 0 fully saturated rings. The molecule has 298 valence electrons. The van der Waals surface area contributed by atoms with E-state index in [4.69, 9.17) is 8.83 Å². The second kappa shape index (κ2) is 13.4. The Bertz CT molecular complexity index is 4200. The van der Waals surface area contributed by atoms with Gasteiger partial charge in [-0.1, -0.05) is 97.1 Å². The van der Waals surface area contributed by atoms with Crippen LogP contribution in [-0.2, 0) is 0 Å². The van der Waals surface area contributed by atoms with Crippen molar-refractivity contribution in [3.63, 3.8) is 0 Å². The van der Waals surface area contributed by atoms with Gasteiger partial charge in [0.05, 0.1) is 28.3 Å². The van der Waals surface area contributed by atoms with Crippen LogP contribution in [0.5, 0.6) is 0 Å². The number of hydrogen-bond donors (Lipinski definition) is 0. The number of furan rings is 2. The first-order valence-electron chi connectivity index (χ1n) is 21.7. The smallest absolute Gasteiger partial charge is 0.153 e. The summed E-state index contributed by atoms with van der Waals surface area (Å²) in [6.07, 6.45) is 3.61. The summed E-state index contributed by atoms with van der Waals surface area (Å²) >= 11 is 0. The lowest BCUT2D eigenvalue weighted by atomic mass is 9.98. The van der Waals surface area contributed by atoms with Gasteiger partial charge in [0.2, 0.25) is 0 Å². The maximum Gasteiger partial charge on any atom is 0.153 e. The van der Waals surface area contributed by atoms with Gasteiger partial charge in [-0.3, -0.25) is 4.98 Å². The molecule has 0 aliphatic rings. The van der Waals surface area contributed by atoms with Crippen LogP contribution in [0.1, 0.15) is 0 Å². The van der Waals surface area contributed by atoms with Gasteiger partial charge in [0, 0.05) is 60.7 Å². The summed E-state index contributed by atoms with van der Waals surface area (Å²) in [5, 5.41) is 9.27. The summed E-state index contributed by atoms with van der Waals surface area (Å²) in [5.41, 5.74) is 17.3. The molecule has 5 nitrogen and oxygen atoms in total. The summed E-state index contributed by atoms with van der Waals surface area (Å²) in [4.78, 5) is 4.28. The van der Waals surface area contributed by atoms with Crippen LogP contribution < -0.4 is 0 Å². The zero-order valence-corrected chi connectivity index (χ0v) is 34.4. The van der Waals surface area contributed by atoms with E-state index in [1.807, 2.05) is 24.4 Å². The third-order valence-electron chi connectivity index (χ3n) is 13.2. The number of aromatic nitrogens is 3. The van der Waals surface area contributed by atoms with Crippen molar-refractivity contribution in [3.8, 4) is 44.8 Å². The Kier molecular flexibility index (Phi) is 7.33. The lowest BCUT2D eigenvalue weighted by Gasteiger charge is -2.11. The Balaban J connectivity index is 0.963. The molecule has 0 amide bonds. The number of benzene rings is 9. The number of nitrogens with zero attached hydrogens (tertiary/aromatic N) is 3. The normalized spacial score (nSPS) is 12.1. The van der Waals surface area contributed by atoms with Crippen molar-refractivity contribution in [1.29, 1.82) is 0 Å². The third kappa shape index (κ3) is 5.22. The maximum atomic E-state index is 6.22. The molecule has 64 heavy (non-hydrogen) atoms. The summed E-state index contributed by atoms with van der Waals surface area (Å²) < 4.78 is 17.1. The molecule has 5 aromatic heterocycles. The van der Waals surface area contributed by atoms with E-state index in [9.17, 15) is 0 Å². The first-order chi connectivity index (χ1) is 31.7. The number of fused-ring (bicyclic) bond motifs is 12. The van der Waals surface area contributed by atoms with Gasteiger partial charge in [-0.25, -0.2) is 0 Å². The Hall–Kier alpha value is -8.67. The molecule has 0 bridgehead atoms. The summed E-state index contributed by atoms with van der Waals surface area (Å²) in [5.74, 6) is 0. The molecule has 0 saturated carbocycles. The van der Waals surface area contributed by atoms with Crippen LogP contribution in [0, 0.1) is 0 Å². The summed E-state index contributed by atoms with van der Waals surface area (Å²) in [7, 11) is 0. The van der Waals surface area contributed by atoms with Crippen LogP contribution in [0.3, 0.4) is 0 Å². The lowest BCUT2D eigenvalue weighted by Crippen LogP contribution is -1.94. The van der Waals surface area contributed by atoms with E-state index in [0.717, 1.165) is 88.5 Å². The van der Waals surface area contributed by atoms with E-state index in [1.54, 1.807) is 6.20 Å². The van der Waals surface area contributed by atoms with Crippen LogP contribution in [0.2, 0.25) is 0 Å². The molecule has 0 saturated heterocycles. The van der Waals surface area contributed by atoms with Gasteiger partial charge in [-0.15, -0.1) is 0 Å². The highest BCUT2D eigenvalue weighted by Crippen LogP contribution is 2.41. The molecule has 0 N–H and O–H groups in total. The molecule has 0 spiro atoms. The van der Waals surface area contributed by atoms with E-state index in [2.05, 4.69) is 196 Å². The number of para-hydroxylation sites is 3. The van der Waals surface area contributed by atoms with Gasteiger partial charge in [-0.05, 0) is 137 Å². The third-order valence-corrected chi connectivity index (χ3v) is 13.2. The average molecular weight is 818 g/mol. The highest BCUT2D eigenvalue weighted by atomic mass is 16.3. The van der Waals surface area contributed by atoms with E-state index >= 15 is 0 Å². The standard InChI is InChI=1S/C59H35N3O2/c1-2-10-42(11-3-1)61-52-15-6-4-13-44(52)47-30-37(17-22-53(47)61)38-18-23-54-48(31-38)49-32-39(41-21-25-57-50(34-41)45-14-5-7-16-56(45)63-57)19-24-55(49)62(54)43-12-8-9-36(29-43)40-20-26-58-51(33-40)46-27-28-60-35-59(46)64-58/h1-35H. The van der Waals surface area contributed by atoms with Crippen LogP contribution in [0.15, 0.2) is 221 Å². The molecule has 9 aromatic carbocycles. The SMILES string of the molecule is c1ccc(-n2c3ccccc3c3cc(-c4ccc5c(c4)c4cc(-c6ccc7oc8ccccc8c7c6)ccc4n5-c4cccc(-c5ccc6oc7cnccc7c6c5)c4)ccc32)cc1. The number of pyridine rings is 1. The van der Waals surface area contributed by atoms with Crippen molar-refractivity contribution in [1.82, 2.24) is 14.1 Å². The Labute approximate surface area is 366 Å². The van der Waals surface area contributed by atoms with Gasteiger partial charge in [-0.2, -0.15) is 0 Å². The van der Waals surface area contributed by atoms with E-state index in [1.165, 1.54) is 43.7 Å². The predicted molar refractivity (Wildman–Crippen MR) is 264 cm³/mol. The fourth-order valence-electron chi connectivity index (χ4n) is 10.2. The fraction of sp³-hybridized carbons (Fsp3) is 0. The molecular weight excluding hydrogens is 783 g/mol. The van der Waals surface area contributed by atoms with Gasteiger partial charge in [0.15, 0.2) is 5.58 Å². The van der Waals surface area contributed by atoms with Crippen molar-refractivity contribution in [2.24, 2.45) is 0 Å². The molecule has 5 heteroatoms. The lowest BCUT2D eigenvalue weighted by molar-refractivity contribution is 0.667. The predicted octanol–water partition coefficient (Wildman–Crippen LogP) is 16.1. The average Bonchev–Trinajstić information content (AvgIpc) is 4.11. The van der Waals surface area contributed by atoms with Crippen LogP contribution in [-0.4, -0.2) is 14.1 Å². The first kappa shape index (κ1) is 35.0. The molecular formula is C59H35N3O2. The largest absolute Gasteiger partial charge is 0.456 e. The minimum absolute atomic E-state index is 0.796. The molecule has 0 atom stereocenters.